The maximum Gasteiger partial charge on any atom is 0.310 e. The number of hydrogen-bond acceptors (Lipinski definition) is 3. The number of aliphatic imine (C=N–C) groups is 1. The first-order valence-corrected chi connectivity index (χ1v) is 9.50. The number of ether oxygens (including phenoxy) is 1. The van der Waals surface area contributed by atoms with Crippen molar-refractivity contribution in [2.24, 2.45) is 10.9 Å². The van der Waals surface area contributed by atoms with Gasteiger partial charge in [-0.05, 0) is 44.2 Å². The van der Waals surface area contributed by atoms with Crippen LogP contribution in [0.4, 0.5) is 0 Å². The highest BCUT2D eigenvalue weighted by Gasteiger charge is 2.29. The van der Waals surface area contributed by atoms with Gasteiger partial charge in [0, 0.05) is 32.1 Å². The summed E-state index contributed by atoms with van der Waals surface area (Å²) in [5.74, 6) is 1.34. The number of rotatable bonds is 5. The Balaban J connectivity index is 1.63. The summed E-state index contributed by atoms with van der Waals surface area (Å²) < 4.78 is 5.21. The van der Waals surface area contributed by atoms with Gasteiger partial charge >= 0.3 is 5.97 Å². The third-order valence-corrected chi connectivity index (χ3v) is 5.10. The van der Waals surface area contributed by atoms with Gasteiger partial charge in [0.25, 0.3) is 0 Å². The highest BCUT2D eigenvalue weighted by molar-refractivity contribution is 5.81. The van der Waals surface area contributed by atoms with Gasteiger partial charge in [-0.2, -0.15) is 0 Å². The van der Waals surface area contributed by atoms with E-state index in [2.05, 4.69) is 41.4 Å². The number of piperidine rings is 1. The summed E-state index contributed by atoms with van der Waals surface area (Å²) in [7, 11) is 0. The Labute approximate surface area is 150 Å². The molecular weight excluding hydrogens is 314 g/mol. The molecule has 1 N–H and O–H groups in total. The molecule has 1 heterocycles. The molecule has 0 aromatic heterocycles. The Kier molecular flexibility index (Phi) is 5.95. The first kappa shape index (κ1) is 17.8. The van der Waals surface area contributed by atoms with Gasteiger partial charge < -0.3 is 15.0 Å². The summed E-state index contributed by atoms with van der Waals surface area (Å²) in [6, 6.07) is 8.62. The van der Waals surface area contributed by atoms with E-state index in [1.165, 1.54) is 11.1 Å². The second kappa shape index (κ2) is 8.37. The molecule has 1 aromatic rings. The number of hydrogen-bond donors (Lipinski definition) is 1. The van der Waals surface area contributed by atoms with E-state index in [4.69, 9.17) is 9.73 Å². The number of carbonyl (C=O) groups excluding carboxylic acids is 1. The maximum atomic E-state index is 12.1. The predicted molar refractivity (Wildman–Crippen MR) is 99.8 cm³/mol. The van der Waals surface area contributed by atoms with Crippen LogP contribution < -0.4 is 5.32 Å². The molecule has 0 spiro atoms. The van der Waals surface area contributed by atoms with Gasteiger partial charge in [-0.1, -0.05) is 24.3 Å². The number of esters is 1. The molecule has 1 saturated heterocycles. The number of carbonyl (C=O) groups is 1. The molecule has 1 aliphatic carbocycles. The second-order valence-corrected chi connectivity index (χ2v) is 6.83. The van der Waals surface area contributed by atoms with Crippen molar-refractivity contribution in [3.63, 3.8) is 0 Å². The van der Waals surface area contributed by atoms with Crippen molar-refractivity contribution in [2.45, 2.75) is 39.0 Å². The molecule has 2 atom stereocenters. The first-order chi connectivity index (χ1) is 12.2. The molecule has 2 aliphatic rings. The van der Waals surface area contributed by atoms with E-state index in [1.807, 2.05) is 6.92 Å². The van der Waals surface area contributed by atoms with E-state index in [1.54, 1.807) is 0 Å². The van der Waals surface area contributed by atoms with Crippen molar-refractivity contribution in [3.8, 4) is 0 Å². The molecule has 1 aromatic carbocycles. The third-order valence-electron chi connectivity index (χ3n) is 5.10. The Bertz CT molecular complexity index is 629. The second-order valence-electron chi connectivity index (χ2n) is 6.83. The van der Waals surface area contributed by atoms with Crippen molar-refractivity contribution in [1.82, 2.24) is 10.2 Å². The van der Waals surface area contributed by atoms with Crippen LogP contribution in [0.5, 0.6) is 0 Å². The van der Waals surface area contributed by atoms with Crippen molar-refractivity contribution in [3.05, 3.63) is 35.4 Å². The molecule has 0 saturated carbocycles. The molecule has 1 fully saturated rings. The summed E-state index contributed by atoms with van der Waals surface area (Å²) in [6.45, 7) is 7.68. The minimum absolute atomic E-state index is 0.0398. The Morgan fingerprint density at radius 1 is 1.36 bits per heavy atom. The molecule has 25 heavy (non-hydrogen) atoms. The zero-order valence-corrected chi connectivity index (χ0v) is 15.3. The van der Waals surface area contributed by atoms with Gasteiger partial charge in [-0.15, -0.1) is 0 Å². The average molecular weight is 343 g/mol. The fourth-order valence-corrected chi connectivity index (χ4v) is 3.77. The van der Waals surface area contributed by atoms with Gasteiger partial charge in [0.2, 0.25) is 0 Å². The van der Waals surface area contributed by atoms with Crippen molar-refractivity contribution in [1.29, 1.82) is 0 Å². The molecular formula is C20H29N3O2. The number of fused-ring (bicyclic) bond motifs is 1. The largest absolute Gasteiger partial charge is 0.466 e. The summed E-state index contributed by atoms with van der Waals surface area (Å²) in [5, 5.41) is 3.40. The van der Waals surface area contributed by atoms with E-state index < -0.39 is 0 Å². The van der Waals surface area contributed by atoms with Crippen LogP contribution in [0.1, 0.15) is 43.7 Å². The fourth-order valence-electron chi connectivity index (χ4n) is 3.77. The molecule has 0 amide bonds. The van der Waals surface area contributed by atoms with Gasteiger partial charge in [0.1, 0.15) is 0 Å². The van der Waals surface area contributed by atoms with Gasteiger partial charge in [-0.3, -0.25) is 9.79 Å². The maximum absolute atomic E-state index is 12.1. The van der Waals surface area contributed by atoms with Crippen molar-refractivity contribution < 1.29 is 9.53 Å². The first-order valence-electron chi connectivity index (χ1n) is 9.50. The van der Waals surface area contributed by atoms with E-state index in [0.717, 1.165) is 44.9 Å². The normalized spacial score (nSPS) is 22.8. The summed E-state index contributed by atoms with van der Waals surface area (Å²) in [4.78, 5) is 19.2. The zero-order chi connectivity index (χ0) is 17.6. The minimum Gasteiger partial charge on any atom is -0.466 e. The highest BCUT2D eigenvalue weighted by atomic mass is 16.5. The van der Waals surface area contributed by atoms with E-state index >= 15 is 0 Å². The van der Waals surface area contributed by atoms with Crippen LogP contribution in [-0.2, 0) is 16.0 Å². The van der Waals surface area contributed by atoms with Crippen LogP contribution in [0, 0.1) is 5.92 Å². The monoisotopic (exact) mass is 343 g/mol. The van der Waals surface area contributed by atoms with Crippen LogP contribution in [-0.4, -0.2) is 49.6 Å². The number of nitrogens with zero attached hydrogens (tertiary/aromatic N) is 2. The lowest BCUT2D eigenvalue weighted by molar-refractivity contribution is -0.149. The Morgan fingerprint density at radius 3 is 2.96 bits per heavy atom. The quantitative estimate of drug-likeness (QED) is 0.507. The van der Waals surface area contributed by atoms with Gasteiger partial charge in [0.05, 0.1) is 12.5 Å². The molecule has 5 heteroatoms. The molecule has 1 aliphatic heterocycles. The van der Waals surface area contributed by atoms with E-state index in [0.29, 0.717) is 19.1 Å². The van der Waals surface area contributed by atoms with Crippen LogP contribution in [0.3, 0.4) is 0 Å². The topological polar surface area (TPSA) is 53.9 Å². The van der Waals surface area contributed by atoms with Crippen LogP contribution in [0.15, 0.2) is 29.3 Å². The molecule has 2 unspecified atom stereocenters. The summed E-state index contributed by atoms with van der Waals surface area (Å²) in [6.07, 6.45) is 3.02. The standard InChI is InChI=1S/C20H29N3O2/c1-3-21-20(22-13-17-12-15-8-5-6-10-18(15)17)23-11-7-9-16(14-23)19(24)25-4-2/h5-6,8,10,16-17H,3-4,7,9,11-14H2,1-2H3,(H,21,22). The van der Waals surface area contributed by atoms with E-state index in [9.17, 15) is 4.79 Å². The average Bonchev–Trinajstić information content (AvgIpc) is 2.62. The zero-order valence-electron chi connectivity index (χ0n) is 15.3. The van der Waals surface area contributed by atoms with Crippen LogP contribution in [0.2, 0.25) is 0 Å². The van der Waals surface area contributed by atoms with E-state index in [-0.39, 0.29) is 11.9 Å². The SMILES string of the molecule is CCNC(=NCC1Cc2ccccc21)N1CCCC(C(=O)OCC)C1. The lowest BCUT2D eigenvalue weighted by Gasteiger charge is -2.35. The van der Waals surface area contributed by atoms with Gasteiger partial charge in [-0.25, -0.2) is 0 Å². The molecule has 5 nitrogen and oxygen atoms in total. The predicted octanol–water partition coefficient (Wildman–Crippen LogP) is 2.57. The Morgan fingerprint density at radius 2 is 2.20 bits per heavy atom. The molecule has 136 valence electrons. The highest BCUT2D eigenvalue weighted by Crippen LogP contribution is 2.34. The lowest BCUT2D eigenvalue weighted by atomic mass is 9.78. The van der Waals surface area contributed by atoms with Crippen molar-refractivity contribution >= 4 is 11.9 Å². The molecule has 0 radical (unpaired) electrons. The van der Waals surface area contributed by atoms with Crippen LogP contribution >= 0.6 is 0 Å². The number of guanidine groups is 1. The van der Waals surface area contributed by atoms with Crippen LogP contribution in [0.25, 0.3) is 0 Å². The van der Waals surface area contributed by atoms with Gasteiger partial charge in [0.15, 0.2) is 5.96 Å². The number of benzene rings is 1. The third kappa shape index (κ3) is 4.14. The van der Waals surface area contributed by atoms with Crippen molar-refractivity contribution in [2.75, 3.05) is 32.8 Å². The number of likely N-dealkylation sites (tertiary alicyclic amines) is 1. The smallest absolute Gasteiger partial charge is 0.310 e. The lowest BCUT2D eigenvalue weighted by Crippen LogP contribution is -2.48. The Hall–Kier alpha value is -2.04. The number of nitrogens with one attached hydrogen (secondary N) is 1. The fraction of sp³-hybridized carbons (Fsp3) is 0.600. The minimum atomic E-state index is -0.0732. The summed E-state index contributed by atoms with van der Waals surface area (Å²) >= 11 is 0. The molecule has 0 bridgehead atoms. The summed E-state index contributed by atoms with van der Waals surface area (Å²) in [5.41, 5.74) is 2.89. The molecule has 3 rings (SSSR count).